The van der Waals surface area contributed by atoms with Gasteiger partial charge in [0.05, 0.1) is 0 Å². The van der Waals surface area contributed by atoms with Crippen molar-refractivity contribution in [3.63, 3.8) is 0 Å². The van der Waals surface area contributed by atoms with Crippen molar-refractivity contribution in [2.75, 3.05) is 6.61 Å². The van der Waals surface area contributed by atoms with E-state index >= 15 is 0 Å². The van der Waals surface area contributed by atoms with E-state index < -0.39 is 16.2 Å². The first-order chi connectivity index (χ1) is 15.1. The predicted octanol–water partition coefficient (Wildman–Crippen LogP) is -0.481. The van der Waals surface area contributed by atoms with E-state index in [0.717, 1.165) is 11.1 Å². The van der Waals surface area contributed by atoms with Crippen LogP contribution >= 0.6 is 0 Å². The van der Waals surface area contributed by atoms with Crippen LogP contribution in [-0.2, 0) is 16.1 Å². The molecule has 0 radical (unpaired) electrons. The van der Waals surface area contributed by atoms with Crippen LogP contribution in [0.1, 0.15) is 34.0 Å². The van der Waals surface area contributed by atoms with Gasteiger partial charge in [-0.15, -0.1) is 10.2 Å². The molecule has 2 aromatic carbocycles. The van der Waals surface area contributed by atoms with Crippen molar-refractivity contribution in [2.45, 2.75) is 33.2 Å². The molecule has 3 rings (SSSR count). The lowest BCUT2D eigenvalue weighted by molar-refractivity contribution is -2.00. The number of carbonyl (C=O) groups is 1. The minimum Gasteiger partial charge on any atom is -0.458 e. The van der Waals surface area contributed by atoms with Gasteiger partial charge >= 0.3 is 5.97 Å². The van der Waals surface area contributed by atoms with E-state index in [1.165, 1.54) is 17.0 Å². The molecule has 0 aliphatic rings. The summed E-state index contributed by atoms with van der Waals surface area (Å²) in [5, 5.41) is 0. The molecule has 0 fully saturated rings. The van der Waals surface area contributed by atoms with Crippen molar-refractivity contribution in [1.29, 1.82) is 0 Å². The maximum absolute atomic E-state index is 12.9. The fourth-order valence-electron chi connectivity index (χ4n) is 3.56. The maximum Gasteiger partial charge on any atom is 0.318 e. The molecule has 0 spiro atoms. The Labute approximate surface area is 189 Å². The SMILES string of the molecule is Cc1cc(C)[n+](CCOC(=O)C(c2ccccc2)c2ccccc2)c(C)c1.[O-][Cl+3]([O-])([O-])[O-]. The monoisotopic (exact) mass is 459 g/mol. The summed E-state index contributed by atoms with van der Waals surface area (Å²) in [5.41, 5.74) is 5.48. The van der Waals surface area contributed by atoms with Crippen LogP contribution in [0.5, 0.6) is 0 Å². The highest BCUT2D eigenvalue weighted by molar-refractivity contribution is 5.82. The summed E-state index contributed by atoms with van der Waals surface area (Å²) in [6.45, 7) is 7.26. The van der Waals surface area contributed by atoms with Crippen molar-refractivity contribution >= 4 is 5.97 Å². The second-order valence-electron chi connectivity index (χ2n) is 7.27. The molecule has 0 saturated heterocycles. The number of aryl methyl sites for hydroxylation is 3. The van der Waals surface area contributed by atoms with Crippen molar-refractivity contribution in [2.24, 2.45) is 0 Å². The molecule has 0 atom stereocenters. The van der Waals surface area contributed by atoms with Gasteiger partial charge in [-0.25, -0.2) is 18.6 Å². The van der Waals surface area contributed by atoms with Gasteiger partial charge < -0.3 is 4.74 Å². The third-order valence-corrected chi connectivity index (χ3v) is 4.79. The molecular weight excluding hydrogens is 434 g/mol. The first kappa shape index (κ1) is 25.5. The molecule has 0 unspecified atom stereocenters. The van der Waals surface area contributed by atoms with Crippen molar-refractivity contribution in [3.8, 4) is 0 Å². The van der Waals surface area contributed by atoms with Crippen LogP contribution in [0.25, 0.3) is 0 Å². The first-order valence-electron chi connectivity index (χ1n) is 9.92. The molecule has 8 heteroatoms. The highest BCUT2D eigenvalue weighted by Crippen LogP contribution is 2.25. The number of hydrogen-bond donors (Lipinski definition) is 0. The fraction of sp³-hybridized carbons (Fsp3) is 0.250. The maximum atomic E-state index is 12.9. The van der Waals surface area contributed by atoms with E-state index in [0.29, 0.717) is 13.2 Å². The highest BCUT2D eigenvalue weighted by atomic mass is 35.7. The molecule has 32 heavy (non-hydrogen) atoms. The Morgan fingerprint density at radius 3 is 1.66 bits per heavy atom. The molecule has 7 nitrogen and oxygen atoms in total. The Balaban J connectivity index is 0.000000654. The van der Waals surface area contributed by atoms with E-state index in [-0.39, 0.29) is 5.97 Å². The second kappa shape index (κ2) is 11.7. The molecule has 0 saturated carbocycles. The van der Waals surface area contributed by atoms with E-state index in [1.54, 1.807) is 0 Å². The molecule has 0 aliphatic heterocycles. The molecular formula is C24H26ClNO6. The van der Waals surface area contributed by atoms with Gasteiger partial charge in [0.2, 0.25) is 0 Å². The Hall–Kier alpha value is -2.81. The number of ether oxygens (including phenoxy) is 1. The van der Waals surface area contributed by atoms with E-state index in [9.17, 15) is 4.79 Å². The quantitative estimate of drug-likeness (QED) is 0.362. The van der Waals surface area contributed by atoms with Crippen molar-refractivity contribution < 1.29 is 43.0 Å². The van der Waals surface area contributed by atoms with Crippen molar-refractivity contribution in [3.05, 3.63) is 101 Å². The summed E-state index contributed by atoms with van der Waals surface area (Å²) in [7, 11) is -4.94. The summed E-state index contributed by atoms with van der Waals surface area (Å²) >= 11 is 0. The minimum atomic E-state index is -4.94. The fourth-order valence-corrected chi connectivity index (χ4v) is 3.56. The number of carbonyl (C=O) groups excluding carboxylic acids is 1. The number of benzene rings is 2. The van der Waals surface area contributed by atoms with Crippen LogP contribution in [0.3, 0.4) is 0 Å². The Bertz CT molecular complexity index is 937. The Morgan fingerprint density at radius 1 is 0.844 bits per heavy atom. The van der Waals surface area contributed by atoms with Crippen LogP contribution in [-0.4, -0.2) is 12.6 Å². The summed E-state index contributed by atoms with van der Waals surface area (Å²) < 4.78 is 41.9. The van der Waals surface area contributed by atoms with Gasteiger partial charge in [0.25, 0.3) is 0 Å². The molecule has 1 aromatic heterocycles. The molecule has 0 amide bonds. The van der Waals surface area contributed by atoms with Crippen LogP contribution in [0.4, 0.5) is 0 Å². The molecule has 170 valence electrons. The highest BCUT2D eigenvalue weighted by Gasteiger charge is 2.24. The zero-order chi connectivity index (χ0) is 23.7. The average Bonchev–Trinajstić information content (AvgIpc) is 2.70. The predicted molar refractivity (Wildman–Crippen MR) is 107 cm³/mol. The first-order valence-corrected chi connectivity index (χ1v) is 11.2. The lowest BCUT2D eigenvalue weighted by Crippen LogP contribution is -2.68. The average molecular weight is 460 g/mol. The number of rotatable bonds is 6. The van der Waals surface area contributed by atoms with Crippen LogP contribution < -0.4 is 23.2 Å². The Morgan fingerprint density at radius 2 is 1.25 bits per heavy atom. The van der Waals surface area contributed by atoms with Crippen LogP contribution in [0.2, 0.25) is 0 Å². The zero-order valence-corrected chi connectivity index (χ0v) is 19.0. The van der Waals surface area contributed by atoms with Gasteiger partial charge in [-0.2, -0.15) is 4.57 Å². The lowest BCUT2D eigenvalue weighted by atomic mass is 9.91. The standard InChI is InChI=1S/C24H26NO2.ClHO4/c1-18-16-19(2)25(20(3)17-18)14-15-27-24(26)23(21-10-6-4-7-11-21)22-12-8-5-9-13-22;2-1(3,4)5/h4-13,16-17,23H,14-15H2,1-3H3;(H,2,3,4,5)/q+1;/p-1. The van der Waals surface area contributed by atoms with E-state index in [4.69, 9.17) is 23.4 Å². The summed E-state index contributed by atoms with van der Waals surface area (Å²) in [6.07, 6.45) is 0. The van der Waals surface area contributed by atoms with Gasteiger partial charge in [-0.05, 0) is 23.6 Å². The van der Waals surface area contributed by atoms with Crippen molar-refractivity contribution in [1.82, 2.24) is 0 Å². The van der Waals surface area contributed by atoms with Crippen LogP contribution in [0.15, 0.2) is 72.8 Å². The number of aromatic nitrogens is 1. The molecule has 3 aromatic rings. The smallest absolute Gasteiger partial charge is 0.318 e. The Kier molecular flexibility index (Phi) is 9.31. The topological polar surface area (TPSA) is 122 Å². The lowest BCUT2D eigenvalue weighted by Gasteiger charge is -2.17. The van der Waals surface area contributed by atoms with E-state index in [1.807, 2.05) is 60.7 Å². The zero-order valence-electron chi connectivity index (χ0n) is 18.2. The number of hydrogen-bond acceptors (Lipinski definition) is 6. The molecule has 1 heterocycles. The summed E-state index contributed by atoms with van der Waals surface area (Å²) in [4.78, 5) is 12.9. The molecule has 0 bridgehead atoms. The number of halogens is 1. The largest absolute Gasteiger partial charge is 0.458 e. The normalized spacial score (nSPS) is 11.0. The number of esters is 1. The van der Waals surface area contributed by atoms with Gasteiger partial charge in [-0.3, -0.25) is 4.79 Å². The summed E-state index contributed by atoms with van der Waals surface area (Å²) in [5.74, 6) is -0.618. The number of pyridine rings is 1. The van der Waals surface area contributed by atoms with Gasteiger partial charge in [-0.1, -0.05) is 60.7 Å². The summed E-state index contributed by atoms with van der Waals surface area (Å²) in [6, 6.07) is 23.9. The van der Waals surface area contributed by atoms with Gasteiger partial charge in [0.15, 0.2) is 24.5 Å². The van der Waals surface area contributed by atoms with Gasteiger partial charge in [0, 0.05) is 26.0 Å². The minimum absolute atomic E-state index is 0.213. The molecule has 0 aliphatic carbocycles. The van der Waals surface area contributed by atoms with Gasteiger partial charge in [0.1, 0.15) is 5.92 Å². The molecule has 0 N–H and O–H groups in total. The number of nitrogens with zero attached hydrogens (tertiary/aromatic N) is 1. The third kappa shape index (κ3) is 8.37. The van der Waals surface area contributed by atoms with E-state index in [2.05, 4.69) is 37.5 Å². The third-order valence-electron chi connectivity index (χ3n) is 4.79. The second-order valence-corrected chi connectivity index (χ2v) is 8.02. The van der Waals surface area contributed by atoms with Crippen LogP contribution in [0, 0.1) is 31.0 Å².